The summed E-state index contributed by atoms with van der Waals surface area (Å²) >= 11 is 6.26. The standard InChI is InChI=1S/C5H5Br2N/c1-3-8-5(7)4(2)6/h3H,1-2H2. The maximum atomic E-state index is 3.77. The molecule has 1 nitrogen and oxygen atoms in total. The number of aliphatic imine (C=N–C) groups is 1. The molecule has 8 heavy (non-hydrogen) atoms. The summed E-state index contributed by atoms with van der Waals surface area (Å²) in [7, 11) is 0. The summed E-state index contributed by atoms with van der Waals surface area (Å²) < 4.78 is 1.39. The van der Waals surface area contributed by atoms with Crippen LogP contribution in [-0.2, 0) is 0 Å². The van der Waals surface area contributed by atoms with E-state index in [1.54, 1.807) is 0 Å². The number of rotatable bonds is 2. The Morgan fingerprint density at radius 2 is 2.00 bits per heavy atom. The summed E-state index contributed by atoms with van der Waals surface area (Å²) in [5, 5.41) is 0. The van der Waals surface area contributed by atoms with Gasteiger partial charge in [-0.3, -0.25) is 0 Å². The van der Waals surface area contributed by atoms with Crippen molar-refractivity contribution in [2.45, 2.75) is 0 Å². The smallest absolute Gasteiger partial charge is 0.119 e. The van der Waals surface area contributed by atoms with E-state index in [2.05, 4.69) is 50.0 Å². The highest BCUT2D eigenvalue weighted by atomic mass is 79.9. The van der Waals surface area contributed by atoms with Gasteiger partial charge in [0.05, 0.1) is 0 Å². The normalized spacial score (nSPS) is 11.0. The molecule has 0 heterocycles. The lowest BCUT2D eigenvalue weighted by atomic mass is 10.7. The van der Waals surface area contributed by atoms with E-state index >= 15 is 0 Å². The van der Waals surface area contributed by atoms with Crippen LogP contribution in [-0.4, -0.2) is 4.62 Å². The molecule has 3 heteroatoms. The van der Waals surface area contributed by atoms with Crippen molar-refractivity contribution in [1.29, 1.82) is 0 Å². The Hall–Kier alpha value is 0.110. The highest BCUT2D eigenvalue weighted by Crippen LogP contribution is 2.09. The summed E-state index contributed by atoms with van der Waals surface area (Å²) in [4.78, 5) is 3.77. The van der Waals surface area contributed by atoms with Crippen molar-refractivity contribution < 1.29 is 0 Å². The summed E-state index contributed by atoms with van der Waals surface area (Å²) in [6.07, 6.45) is 1.44. The van der Waals surface area contributed by atoms with Gasteiger partial charge in [0.15, 0.2) is 0 Å². The summed E-state index contributed by atoms with van der Waals surface area (Å²) in [6.45, 7) is 6.97. The zero-order valence-corrected chi connectivity index (χ0v) is 7.37. The first-order chi connectivity index (χ1) is 3.68. The number of halogens is 2. The molecule has 0 atom stereocenters. The van der Waals surface area contributed by atoms with Crippen LogP contribution in [0.15, 0.2) is 28.8 Å². The highest BCUT2D eigenvalue weighted by molar-refractivity contribution is 9.20. The molecule has 0 amide bonds. The van der Waals surface area contributed by atoms with Crippen molar-refractivity contribution in [2.75, 3.05) is 0 Å². The Morgan fingerprint density at radius 3 is 2.12 bits per heavy atom. The third kappa shape index (κ3) is 3.16. The molecule has 0 saturated carbocycles. The van der Waals surface area contributed by atoms with Gasteiger partial charge >= 0.3 is 0 Å². The lowest BCUT2D eigenvalue weighted by molar-refractivity contribution is 1.62. The van der Waals surface area contributed by atoms with Crippen LogP contribution in [0.2, 0.25) is 0 Å². The second-order valence-electron chi connectivity index (χ2n) is 1.01. The predicted octanol–water partition coefficient (Wildman–Crippen LogP) is 2.83. The van der Waals surface area contributed by atoms with Crippen LogP contribution in [0.1, 0.15) is 0 Å². The second kappa shape index (κ2) is 4.04. The molecule has 0 rings (SSSR count). The molecular weight excluding hydrogens is 234 g/mol. The maximum Gasteiger partial charge on any atom is 0.119 e. The molecule has 0 aromatic rings. The highest BCUT2D eigenvalue weighted by Gasteiger charge is 1.90. The van der Waals surface area contributed by atoms with E-state index in [0.29, 0.717) is 4.62 Å². The van der Waals surface area contributed by atoms with Gasteiger partial charge in [0.2, 0.25) is 0 Å². The SMILES string of the molecule is C=CN=C(Br)C(=C)Br. The van der Waals surface area contributed by atoms with Gasteiger partial charge in [-0.1, -0.05) is 13.2 Å². The lowest BCUT2D eigenvalue weighted by Gasteiger charge is -1.86. The van der Waals surface area contributed by atoms with Gasteiger partial charge in [-0.2, -0.15) is 0 Å². The van der Waals surface area contributed by atoms with E-state index < -0.39 is 0 Å². The first-order valence-corrected chi connectivity index (χ1v) is 3.46. The largest absolute Gasteiger partial charge is 0.249 e. The first-order valence-electron chi connectivity index (χ1n) is 1.87. The predicted molar refractivity (Wildman–Crippen MR) is 44.6 cm³/mol. The van der Waals surface area contributed by atoms with E-state index in [1.807, 2.05) is 0 Å². The molecule has 0 aromatic heterocycles. The van der Waals surface area contributed by atoms with Gasteiger partial charge in [-0.25, -0.2) is 4.99 Å². The lowest BCUT2D eigenvalue weighted by Crippen LogP contribution is -1.79. The van der Waals surface area contributed by atoms with E-state index in [1.165, 1.54) is 6.20 Å². The van der Waals surface area contributed by atoms with Gasteiger partial charge in [-0.05, 0) is 31.9 Å². The van der Waals surface area contributed by atoms with Crippen LogP contribution >= 0.6 is 31.9 Å². The molecule has 0 fully saturated rings. The average Bonchev–Trinajstić information content (AvgIpc) is 1.67. The van der Waals surface area contributed by atoms with Gasteiger partial charge < -0.3 is 0 Å². The Morgan fingerprint density at radius 1 is 1.50 bits per heavy atom. The topological polar surface area (TPSA) is 12.4 Å². The second-order valence-corrected chi connectivity index (χ2v) is 2.72. The fourth-order valence-electron chi connectivity index (χ4n) is 0.150. The van der Waals surface area contributed by atoms with E-state index in [0.717, 1.165) is 4.48 Å². The van der Waals surface area contributed by atoms with Crippen LogP contribution in [0.3, 0.4) is 0 Å². The summed E-state index contributed by atoms with van der Waals surface area (Å²) in [5.74, 6) is 0. The van der Waals surface area contributed by atoms with Crippen molar-refractivity contribution >= 4 is 36.5 Å². The first kappa shape index (κ1) is 8.11. The maximum absolute atomic E-state index is 3.77. The van der Waals surface area contributed by atoms with E-state index in [9.17, 15) is 0 Å². The van der Waals surface area contributed by atoms with Crippen LogP contribution in [0.4, 0.5) is 0 Å². The average molecular weight is 239 g/mol. The van der Waals surface area contributed by atoms with Crippen molar-refractivity contribution in [3.8, 4) is 0 Å². The molecule has 0 spiro atoms. The van der Waals surface area contributed by atoms with Gasteiger partial charge in [0, 0.05) is 10.7 Å². The monoisotopic (exact) mass is 237 g/mol. The molecule has 0 aliphatic heterocycles. The van der Waals surface area contributed by atoms with Crippen LogP contribution < -0.4 is 0 Å². The Balaban J connectivity index is 3.99. The van der Waals surface area contributed by atoms with Crippen LogP contribution in [0, 0.1) is 0 Å². The van der Waals surface area contributed by atoms with Gasteiger partial charge in [0.25, 0.3) is 0 Å². The number of hydrogen-bond acceptors (Lipinski definition) is 1. The quantitative estimate of drug-likeness (QED) is 0.657. The van der Waals surface area contributed by atoms with Crippen molar-refractivity contribution in [2.24, 2.45) is 4.99 Å². The number of nitrogens with zero attached hydrogens (tertiary/aromatic N) is 1. The third-order valence-electron chi connectivity index (χ3n) is 0.428. The minimum Gasteiger partial charge on any atom is -0.249 e. The fourth-order valence-corrected chi connectivity index (χ4v) is 0.397. The van der Waals surface area contributed by atoms with Crippen molar-refractivity contribution in [3.63, 3.8) is 0 Å². The Bertz CT molecular complexity index is 137. The fraction of sp³-hybridized carbons (Fsp3) is 0. The zero-order valence-electron chi connectivity index (χ0n) is 4.19. The number of allylic oxidation sites excluding steroid dienone is 1. The van der Waals surface area contributed by atoms with E-state index in [4.69, 9.17) is 0 Å². The number of hydrogen-bond donors (Lipinski definition) is 0. The van der Waals surface area contributed by atoms with Gasteiger partial charge in [-0.15, -0.1) is 0 Å². The minimum absolute atomic E-state index is 0.674. The summed E-state index contributed by atoms with van der Waals surface area (Å²) in [5.41, 5.74) is 0. The summed E-state index contributed by atoms with van der Waals surface area (Å²) in [6, 6.07) is 0. The van der Waals surface area contributed by atoms with Crippen LogP contribution in [0.25, 0.3) is 0 Å². The zero-order chi connectivity index (χ0) is 6.57. The van der Waals surface area contributed by atoms with Crippen LogP contribution in [0.5, 0.6) is 0 Å². The van der Waals surface area contributed by atoms with E-state index in [-0.39, 0.29) is 0 Å². The molecule has 0 unspecified atom stereocenters. The minimum atomic E-state index is 0.674. The Labute approximate surface area is 65.5 Å². The molecular formula is C5H5Br2N. The molecule has 0 saturated heterocycles. The van der Waals surface area contributed by atoms with Crippen molar-refractivity contribution in [3.05, 3.63) is 23.8 Å². The van der Waals surface area contributed by atoms with Gasteiger partial charge in [0.1, 0.15) is 4.62 Å². The van der Waals surface area contributed by atoms with Crippen molar-refractivity contribution in [1.82, 2.24) is 0 Å². The molecule has 0 aliphatic rings. The third-order valence-corrected chi connectivity index (χ3v) is 2.02. The molecule has 0 aromatic carbocycles. The Kier molecular flexibility index (Phi) is 4.09. The molecule has 44 valence electrons. The molecule has 0 bridgehead atoms. The molecule has 0 N–H and O–H groups in total. The molecule has 0 radical (unpaired) electrons. The molecule has 0 aliphatic carbocycles.